The molecule has 1 amide bonds. The smallest absolute Gasteiger partial charge is 0.237 e. The van der Waals surface area contributed by atoms with E-state index in [-0.39, 0.29) is 22.2 Å². The fraction of sp³-hybridized carbons (Fsp3) is 0.118. The first-order valence-electron chi connectivity index (χ1n) is 7.74. The van der Waals surface area contributed by atoms with Gasteiger partial charge in [-0.15, -0.1) is 10.2 Å². The van der Waals surface area contributed by atoms with E-state index in [1.807, 2.05) is 0 Å². The number of hydrogen-bond donors (Lipinski definition) is 2. The summed E-state index contributed by atoms with van der Waals surface area (Å²) in [6.07, 6.45) is 0. The lowest BCUT2D eigenvalue weighted by atomic mass is 10.2. The van der Waals surface area contributed by atoms with Crippen LogP contribution >= 0.6 is 11.8 Å². The molecule has 27 heavy (non-hydrogen) atoms. The molecule has 0 radical (unpaired) electrons. The highest BCUT2D eigenvalue weighted by molar-refractivity contribution is 8.00. The molecule has 0 spiro atoms. The van der Waals surface area contributed by atoms with E-state index in [0.717, 1.165) is 28.6 Å². The number of nitrogen functional groups attached to an aromatic ring is 1. The molecule has 10 heteroatoms. The van der Waals surface area contributed by atoms with Gasteiger partial charge < -0.3 is 11.2 Å². The zero-order valence-electron chi connectivity index (χ0n) is 14.0. The molecule has 0 aliphatic rings. The molecule has 140 valence electrons. The maximum atomic E-state index is 13.9. The van der Waals surface area contributed by atoms with Gasteiger partial charge in [-0.05, 0) is 31.2 Å². The van der Waals surface area contributed by atoms with Crippen molar-refractivity contribution in [2.75, 3.05) is 11.2 Å². The quantitative estimate of drug-likeness (QED) is 0.514. The highest BCUT2D eigenvalue weighted by Crippen LogP contribution is 2.26. The maximum Gasteiger partial charge on any atom is 0.237 e. The largest absolute Gasteiger partial charge is 0.335 e. The van der Waals surface area contributed by atoms with E-state index in [1.54, 1.807) is 13.0 Å². The number of nitrogens with two attached hydrogens (primary N) is 1. The second kappa shape index (κ2) is 7.70. The van der Waals surface area contributed by atoms with Crippen LogP contribution in [0.2, 0.25) is 0 Å². The lowest BCUT2D eigenvalue weighted by molar-refractivity contribution is -0.115. The molecular weight excluding hydrogens is 379 g/mol. The van der Waals surface area contributed by atoms with Gasteiger partial charge in [0.15, 0.2) is 17.5 Å². The van der Waals surface area contributed by atoms with E-state index in [0.29, 0.717) is 0 Å². The van der Waals surface area contributed by atoms with Gasteiger partial charge in [0.1, 0.15) is 5.82 Å². The second-order valence-corrected chi connectivity index (χ2v) is 6.84. The number of carbonyl (C=O) groups is 1. The summed E-state index contributed by atoms with van der Waals surface area (Å²) in [5.41, 5.74) is 0.297. The fourth-order valence-electron chi connectivity index (χ4n) is 2.21. The van der Waals surface area contributed by atoms with Crippen LogP contribution in [0.3, 0.4) is 0 Å². The zero-order valence-corrected chi connectivity index (χ0v) is 14.8. The van der Waals surface area contributed by atoms with Crippen molar-refractivity contribution in [3.05, 3.63) is 59.9 Å². The van der Waals surface area contributed by atoms with Crippen molar-refractivity contribution in [2.24, 2.45) is 0 Å². The average molecular weight is 393 g/mol. The van der Waals surface area contributed by atoms with Crippen molar-refractivity contribution in [3.63, 3.8) is 0 Å². The van der Waals surface area contributed by atoms with Gasteiger partial charge in [0.2, 0.25) is 11.1 Å². The van der Waals surface area contributed by atoms with E-state index in [1.165, 1.54) is 24.3 Å². The molecule has 0 fully saturated rings. The molecule has 0 saturated carbocycles. The lowest BCUT2D eigenvalue weighted by Gasteiger charge is -2.12. The number of benzene rings is 2. The molecule has 1 aromatic heterocycles. The van der Waals surface area contributed by atoms with E-state index < -0.39 is 28.6 Å². The molecule has 0 aliphatic heterocycles. The van der Waals surface area contributed by atoms with Gasteiger partial charge in [0, 0.05) is 11.8 Å². The van der Waals surface area contributed by atoms with E-state index in [2.05, 4.69) is 15.5 Å². The summed E-state index contributed by atoms with van der Waals surface area (Å²) in [6.45, 7) is 1.58. The number of nitrogens with zero attached hydrogens (tertiary/aromatic N) is 3. The summed E-state index contributed by atoms with van der Waals surface area (Å²) in [6, 6.07) is 9.00. The lowest BCUT2D eigenvalue weighted by Crippen LogP contribution is -2.23. The molecule has 0 aliphatic carbocycles. The first kappa shape index (κ1) is 18.8. The van der Waals surface area contributed by atoms with Gasteiger partial charge in [-0.3, -0.25) is 4.79 Å². The van der Waals surface area contributed by atoms with Crippen LogP contribution in [0, 0.1) is 17.5 Å². The molecule has 2 aromatic carbocycles. The number of aromatic nitrogens is 3. The van der Waals surface area contributed by atoms with E-state index >= 15 is 0 Å². The van der Waals surface area contributed by atoms with Crippen LogP contribution in [-0.4, -0.2) is 26.0 Å². The minimum absolute atomic E-state index is 0.115. The third-order valence-corrected chi connectivity index (χ3v) is 4.67. The monoisotopic (exact) mass is 393 g/mol. The Balaban J connectivity index is 1.72. The average Bonchev–Trinajstić information content (AvgIpc) is 2.99. The van der Waals surface area contributed by atoms with Crippen LogP contribution in [0.4, 0.5) is 18.9 Å². The second-order valence-electron chi connectivity index (χ2n) is 5.53. The first-order valence-corrected chi connectivity index (χ1v) is 8.62. The Morgan fingerprint density at radius 2 is 1.85 bits per heavy atom. The Hall–Kier alpha value is -3.01. The molecule has 3 rings (SSSR count). The molecule has 6 nitrogen and oxygen atoms in total. The predicted molar refractivity (Wildman–Crippen MR) is 95.9 cm³/mol. The fourth-order valence-corrected chi connectivity index (χ4v) is 2.98. The van der Waals surface area contributed by atoms with Crippen LogP contribution in [0.25, 0.3) is 11.4 Å². The van der Waals surface area contributed by atoms with Gasteiger partial charge in [0.25, 0.3) is 0 Å². The third kappa shape index (κ3) is 4.05. The van der Waals surface area contributed by atoms with Crippen LogP contribution in [-0.2, 0) is 4.79 Å². The summed E-state index contributed by atoms with van der Waals surface area (Å²) < 4.78 is 41.2. The molecule has 1 atom stereocenters. The van der Waals surface area contributed by atoms with Crippen LogP contribution < -0.4 is 11.2 Å². The van der Waals surface area contributed by atoms with Crippen molar-refractivity contribution in [3.8, 4) is 11.4 Å². The Labute approximate surface area is 156 Å². The SMILES string of the molecule is C[C@H](Sc1nnc(-c2ccccc2F)n1N)C(=O)Nc1ccc(F)c(F)c1. The number of hydrogen-bond acceptors (Lipinski definition) is 5. The highest BCUT2D eigenvalue weighted by Gasteiger charge is 2.21. The normalized spacial score (nSPS) is 12.0. The number of anilines is 1. The Morgan fingerprint density at radius 1 is 1.11 bits per heavy atom. The predicted octanol–water partition coefficient (Wildman–Crippen LogP) is 3.20. The van der Waals surface area contributed by atoms with Gasteiger partial charge in [-0.2, -0.15) is 0 Å². The maximum absolute atomic E-state index is 13.9. The highest BCUT2D eigenvalue weighted by atomic mass is 32.2. The van der Waals surface area contributed by atoms with Crippen molar-refractivity contribution < 1.29 is 18.0 Å². The summed E-state index contributed by atoms with van der Waals surface area (Å²) in [5.74, 6) is 2.99. The van der Waals surface area contributed by atoms with Gasteiger partial charge in [-0.1, -0.05) is 23.9 Å². The number of thioether (sulfide) groups is 1. The molecule has 0 unspecified atom stereocenters. The Kier molecular flexibility index (Phi) is 5.36. The third-order valence-electron chi connectivity index (χ3n) is 3.62. The molecular formula is C17H14F3N5OS. The Bertz CT molecular complexity index is 994. The number of nitrogens with one attached hydrogen (secondary N) is 1. The van der Waals surface area contributed by atoms with Gasteiger partial charge >= 0.3 is 0 Å². The van der Waals surface area contributed by atoms with E-state index in [9.17, 15) is 18.0 Å². The van der Waals surface area contributed by atoms with Crippen molar-refractivity contribution in [2.45, 2.75) is 17.3 Å². The van der Waals surface area contributed by atoms with Crippen molar-refractivity contribution in [1.29, 1.82) is 0 Å². The first-order chi connectivity index (χ1) is 12.9. The van der Waals surface area contributed by atoms with Crippen LogP contribution in [0.1, 0.15) is 6.92 Å². The molecule has 3 aromatic rings. The molecule has 0 bridgehead atoms. The Morgan fingerprint density at radius 3 is 2.56 bits per heavy atom. The number of carbonyl (C=O) groups excluding carboxylic acids is 1. The molecule has 3 N–H and O–H groups in total. The van der Waals surface area contributed by atoms with E-state index in [4.69, 9.17) is 5.84 Å². The summed E-state index contributed by atoms with van der Waals surface area (Å²) in [5, 5.41) is 9.74. The summed E-state index contributed by atoms with van der Waals surface area (Å²) >= 11 is 0.988. The van der Waals surface area contributed by atoms with Crippen molar-refractivity contribution >= 4 is 23.4 Å². The number of halogens is 3. The molecule has 0 saturated heterocycles. The van der Waals surface area contributed by atoms with Gasteiger partial charge in [0.05, 0.1) is 10.8 Å². The number of rotatable bonds is 5. The number of amides is 1. The topological polar surface area (TPSA) is 85.8 Å². The standard InChI is InChI=1S/C17H14F3N5OS/c1-9(16(26)22-10-6-7-13(19)14(20)8-10)27-17-24-23-15(25(17)21)11-4-2-3-5-12(11)18/h2-9H,21H2,1H3,(H,22,26)/t9-/m0/s1. The summed E-state index contributed by atoms with van der Waals surface area (Å²) in [4.78, 5) is 12.2. The van der Waals surface area contributed by atoms with Crippen molar-refractivity contribution in [1.82, 2.24) is 14.9 Å². The zero-order chi connectivity index (χ0) is 19.6. The minimum atomic E-state index is -1.07. The van der Waals surface area contributed by atoms with Crippen LogP contribution in [0.15, 0.2) is 47.6 Å². The minimum Gasteiger partial charge on any atom is -0.335 e. The van der Waals surface area contributed by atoms with Gasteiger partial charge in [-0.25, -0.2) is 17.8 Å². The molecule has 1 heterocycles. The summed E-state index contributed by atoms with van der Waals surface area (Å²) in [7, 11) is 0. The van der Waals surface area contributed by atoms with Crippen LogP contribution in [0.5, 0.6) is 0 Å².